The van der Waals surface area contributed by atoms with Crippen LogP contribution in [0.25, 0.3) is 53.1 Å². The molecule has 6 aromatic rings. The Kier molecular flexibility index (Phi) is 3.03. The molecule has 0 saturated carbocycles. The molecule has 1 nitrogen and oxygen atoms in total. The highest BCUT2D eigenvalue weighted by Crippen LogP contribution is 2.37. The van der Waals surface area contributed by atoms with Crippen molar-refractivity contribution in [1.82, 2.24) is 4.57 Å². The van der Waals surface area contributed by atoms with Crippen molar-refractivity contribution in [3.05, 3.63) is 84.9 Å². The third-order valence-corrected chi connectivity index (χ3v) is 6.76. The number of thiophene rings is 1. The zero-order chi connectivity index (χ0) is 18.0. The fraction of sp³-hybridized carbons (Fsp3) is 0.0400. The third-order valence-electron chi connectivity index (χ3n) is 5.63. The van der Waals surface area contributed by atoms with E-state index in [1.54, 1.807) is 0 Å². The summed E-state index contributed by atoms with van der Waals surface area (Å²) in [6.07, 6.45) is 0. The minimum atomic E-state index is 1.27. The van der Waals surface area contributed by atoms with Gasteiger partial charge in [0.05, 0.1) is 0 Å². The number of aryl methyl sites for hydroxylation is 1. The average molecular weight is 363 g/mol. The van der Waals surface area contributed by atoms with Gasteiger partial charge in [-0.2, -0.15) is 0 Å². The molecule has 0 spiro atoms. The molecule has 6 rings (SSSR count). The van der Waals surface area contributed by atoms with Gasteiger partial charge in [0.15, 0.2) is 0 Å². The lowest BCUT2D eigenvalue weighted by Crippen LogP contribution is -1.86. The zero-order valence-electron chi connectivity index (χ0n) is 14.9. The number of rotatable bonds is 1. The first-order chi connectivity index (χ1) is 13.3. The molecule has 2 heterocycles. The van der Waals surface area contributed by atoms with Crippen molar-refractivity contribution < 1.29 is 0 Å². The monoisotopic (exact) mass is 363 g/mol. The summed E-state index contributed by atoms with van der Waals surface area (Å²) in [5.74, 6) is 0. The summed E-state index contributed by atoms with van der Waals surface area (Å²) >= 11 is 1.88. The Morgan fingerprint density at radius 2 is 1.19 bits per heavy atom. The second-order valence-electron chi connectivity index (χ2n) is 7.12. The Morgan fingerprint density at radius 3 is 2.07 bits per heavy atom. The second-order valence-corrected chi connectivity index (χ2v) is 8.20. The van der Waals surface area contributed by atoms with Gasteiger partial charge < -0.3 is 4.57 Å². The van der Waals surface area contributed by atoms with Gasteiger partial charge in [0, 0.05) is 49.0 Å². The van der Waals surface area contributed by atoms with Gasteiger partial charge in [0.25, 0.3) is 0 Å². The smallest absolute Gasteiger partial charge is 0.0494 e. The summed E-state index contributed by atoms with van der Waals surface area (Å²) in [6.45, 7) is 0. The quantitative estimate of drug-likeness (QED) is 0.287. The van der Waals surface area contributed by atoms with E-state index in [4.69, 9.17) is 0 Å². The first-order valence-electron chi connectivity index (χ1n) is 9.18. The molecule has 27 heavy (non-hydrogen) atoms. The van der Waals surface area contributed by atoms with Crippen LogP contribution in [0.5, 0.6) is 0 Å². The van der Waals surface area contributed by atoms with Crippen molar-refractivity contribution in [3.63, 3.8) is 0 Å². The van der Waals surface area contributed by atoms with E-state index in [1.165, 1.54) is 53.1 Å². The van der Waals surface area contributed by atoms with Crippen molar-refractivity contribution in [2.45, 2.75) is 0 Å². The first-order valence-corrected chi connectivity index (χ1v) is 10.00. The molecule has 0 N–H and O–H groups in total. The standard InChI is InChI=1S/C25H17NS/c1-26-22-8-4-2-6-18(22)19-12-10-16(14-23(19)26)17-11-13-21-20-7-3-5-9-24(20)27-25(21)15-17/h2-15H,1H3. The van der Waals surface area contributed by atoms with Crippen molar-refractivity contribution in [2.75, 3.05) is 0 Å². The maximum atomic E-state index is 2.34. The Morgan fingerprint density at radius 1 is 0.556 bits per heavy atom. The van der Waals surface area contributed by atoms with Gasteiger partial charge >= 0.3 is 0 Å². The van der Waals surface area contributed by atoms with Crippen LogP contribution in [0.3, 0.4) is 0 Å². The highest BCUT2D eigenvalue weighted by molar-refractivity contribution is 7.25. The lowest BCUT2D eigenvalue weighted by atomic mass is 10.0. The Balaban J connectivity index is 1.59. The lowest BCUT2D eigenvalue weighted by Gasteiger charge is -2.04. The molecule has 0 amide bonds. The average Bonchev–Trinajstić information content (AvgIpc) is 3.23. The van der Waals surface area contributed by atoms with Gasteiger partial charge in [-0.3, -0.25) is 0 Å². The molecule has 0 atom stereocenters. The fourth-order valence-corrected chi connectivity index (χ4v) is 5.39. The van der Waals surface area contributed by atoms with Crippen molar-refractivity contribution in [2.24, 2.45) is 7.05 Å². The molecule has 128 valence electrons. The SMILES string of the molecule is Cn1c2ccccc2c2ccc(-c3ccc4c(c3)sc3ccccc34)cc21. The van der Waals surface area contributed by atoms with Crippen LogP contribution in [0.1, 0.15) is 0 Å². The van der Waals surface area contributed by atoms with E-state index < -0.39 is 0 Å². The Bertz CT molecular complexity index is 1480. The molecule has 0 fully saturated rings. The second kappa shape index (κ2) is 5.45. The van der Waals surface area contributed by atoms with Crippen LogP contribution >= 0.6 is 11.3 Å². The summed E-state index contributed by atoms with van der Waals surface area (Å²) < 4.78 is 5.01. The molecule has 0 aliphatic carbocycles. The summed E-state index contributed by atoms with van der Waals surface area (Å²) in [5, 5.41) is 5.35. The number of para-hydroxylation sites is 1. The van der Waals surface area contributed by atoms with Crippen LogP contribution in [0.4, 0.5) is 0 Å². The molecule has 0 aliphatic heterocycles. The summed E-state index contributed by atoms with van der Waals surface area (Å²) in [7, 11) is 2.16. The highest BCUT2D eigenvalue weighted by Gasteiger charge is 2.10. The highest BCUT2D eigenvalue weighted by atomic mass is 32.1. The predicted molar refractivity (Wildman–Crippen MR) is 119 cm³/mol. The number of nitrogens with zero attached hydrogens (tertiary/aromatic N) is 1. The van der Waals surface area contributed by atoms with Crippen molar-refractivity contribution in [1.29, 1.82) is 0 Å². The van der Waals surface area contributed by atoms with Gasteiger partial charge in [-0.15, -0.1) is 11.3 Å². The molecule has 0 aliphatic rings. The molecule has 0 bridgehead atoms. The van der Waals surface area contributed by atoms with E-state index in [0.29, 0.717) is 0 Å². The summed E-state index contributed by atoms with van der Waals surface area (Å²) in [4.78, 5) is 0. The van der Waals surface area contributed by atoms with E-state index in [0.717, 1.165) is 0 Å². The molecular weight excluding hydrogens is 346 g/mol. The zero-order valence-corrected chi connectivity index (χ0v) is 15.8. The van der Waals surface area contributed by atoms with Gasteiger partial charge in [-0.25, -0.2) is 0 Å². The van der Waals surface area contributed by atoms with E-state index in [-0.39, 0.29) is 0 Å². The van der Waals surface area contributed by atoms with Crippen LogP contribution in [0, 0.1) is 0 Å². The molecule has 4 aromatic carbocycles. The van der Waals surface area contributed by atoms with Crippen LogP contribution in [0.15, 0.2) is 84.9 Å². The van der Waals surface area contributed by atoms with Gasteiger partial charge in [-0.1, -0.05) is 60.7 Å². The van der Waals surface area contributed by atoms with E-state index in [1.807, 2.05) is 11.3 Å². The maximum Gasteiger partial charge on any atom is 0.0494 e. The van der Waals surface area contributed by atoms with Gasteiger partial charge in [-0.05, 0) is 35.4 Å². The number of hydrogen-bond donors (Lipinski definition) is 0. The molecule has 2 heteroatoms. The van der Waals surface area contributed by atoms with Crippen LogP contribution in [-0.4, -0.2) is 4.57 Å². The fourth-order valence-electron chi connectivity index (χ4n) is 4.25. The van der Waals surface area contributed by atoms with Crippen LogP contribution in [0.2, 0.25) is 0 Å². The lowest BCUT2D eigenvalue weighted by molar-refractivity contribution is 1.01. The maximum absolute atomic E-state index is 2.34. The van der Waals surface area contributed by atoms with Crippen molar-refractivity contribution >= 4 is 53.3 Å². The number of fused-ring (bicyclic) bond motifs is 6. The normalized spacial score (nSPS) is 11.9. The van der Waals surface area contributed by atoms with Gasteiger partial charge in [0.1, 0.15) is 0 Å². The molecule has 0 radical (unpaired) electrons. The largest absolute Gasteiger partial charge is 0.344 e. The van der Waals surface area contributed by atoms with Gasteiger partial charge in [0.2, 0.25) is 0 Å². The minimum Gasteiger partial charge on any atom is -0.344 e. The summed E-state index contributed by atoms with van der Waals surface area (Å²) in [5.41, 5.74) is 5.11. The Hall–Kier alpha value is -3.10. The third kappa shape index (κ3) is 2.11. The van der Waals surface area contributed by atoms with E-state index in [9.17, 15) is 0 Å². The summed E-state index contributed by atoms with van der Waals surface area (Å²) in [6, 6.07) is 31.0. The van der Waals surface area contributed by atoms with E-state index >= 15 is 0 Å². The molecular formula is C25H17NS. The molecule has 2 aromatic heterocycles. The molecule has 0 unspecified atom stereocenters. The minimum absolute atomic E-state index is 1.27. The number of hydrogen-bond acceptors (Lipinski definition) is 1. The van der Waals surface area contributed by atoms with Crippen LogP contribution < -0.4 is 0 Å². The predicted octanol–water partition coefficient (Wildman–Crippen LogP) is 7.37. The van der Waals surface area contributed by atoms with Crippen LogP contribution in [-0.2, 0) is 7.05 Å². The van der Waals surface area contributed by atoms with E-state index in [2.05, 4.69) is 96.5 Å². The molecule has 0 saturated heterocycles. The number of benzene rings is 4. The Labute approximate surface area is 161 Å². The first kappa shape index (κ1) is 15.0. The van der Waals surface area contributed by atoms with Crippen molar-refractivity contribution in [3.8, 4) is 11.1 Å². The number of aromatic nitrogens is 1. The topological polar surface area (TPSA) is 4.93 Å².